The molecule has 1 amide bonds. The van der Waals surface area contributed by atoms with E-state index in [1.54, 1.807) is 18.2 Å². The minimum absolute atomic E-state index is 0.00140. The summed E-state index contributed by atoms with van der Waals surface area (Å²) in [5.74, 6) is -2.65. The molecule has 4 rings (SSSR count). The predicted molar refractivity (Wildman–Crippen MR) is 117 cm³/mol. The molecule has 0 radical (unpaired) electrons. The number of hydroxylamine groups is 1. The standard InChI is InChI=1S/C25H21F4NO5/c26-21-13-20(23(31)30-35-24(32)16-9-11-33-12-10-16)22(19-4-2-1-3-18(19)21)34-14-15-5-7-17(8-6-15)25(27,28)29/h1-8,13,16H,9-12,14H2,(H,30,31). The van der Waals surface area contributed by atoms with Crippen LogP contribution >= 0.6 is 0 Å². The molecule has 1 fully saturated rings. The molecule has 1 aliphatic rings. The molecule has 0 spiro atoms. The van der Waals surface area contributed by atoms with Crippen LogP contribution in [0.5, 0.6) is 5.75 Å². The fourth-order valence-corrected chi connectivity index (χ4v) is 3.74. The van der Waals surface area contributed by atoms with Crippen LogP contribution in [0.25, 0.3) is 10.8 Å². The maximum atomic E-state index is 14.7. The second kappa shape index (κ2) is 10.3. The van der Waals surface area contributed by atoms with Crippen LogP contribution in [0.1, 0.15) is 34.3 Å². The highest BCUT2D eigenvalue weighted by Crippen LogP contribution is 2.33. The summed E-state index contributed by atoms with van der Waals surface area (Å²) in [7, 11) is 0. The third-order valence-electron chi connectivity index (χ3n) is 5.65. The Bertz CT molecular complexity index is 1220. The van der Waals surface area contributed by atoms with Crippen LogP contribution in [-0.2, 0) is 27.2 Å². The molecule has 0 aliphatic carbocycles. The van der Waals surface area contributed by atoms with Gasteiger partial charge in [0.05, 0.1) is 17.0 Å². The zero-order valence-electron chi connectivity index (χ0n) is 18.4. The van der Waals surface area contributed by atoms with E-state index in [0.29, 0.717) is 31.6 Å². The molecule has 0 unspecified atom stereocenters. The van der Waals surface area contributed by atoms with Gasteiger partial charge >= 0.3 is 12.1 Å². The number of benzene rings is 3. The first-order chi connectivity index (χ1) is 16.7. The third kappa shape index (κ3) is 5.71. The van der Waals surface area contributed by atoms with Crippen molar-refractivity contribution in [3.05, 3.63) is 77.1 Å². The molecule has 0 atom stereocenters. The van der Waals surface area contributed by atoms with E-state index in [9.17, 15) is 27.2 Å². The van der Waals surface area contributed by atoms with Crippen LogP contribution in [0.2, 0.25) is 0 Å². The van der Waals surface area contributed by atoms with Crippen molar-refractivity contribution in [2.45, 2.75) is 25.6 Å². The highest BCUT2D eigenvalue weighted by Gasteiger charge is 2.30. The number of nitrogens with one attached hydrogen (secondary N) is 1. The first-order valence-electron chi connectivity index (χ1n) is 10.8. The van der Waals surface area contributed by atoms with Gasteiger partial charge in [-0.25, -0.2) is 9.18 Å². The maximum absolute atomic E-state index is 14.7. The topological polar surface area (TPSA) is 73.9 Å². The lowest BCUT2D eigenvalue weighted by Crippen LogP contribution is -2.33. The first-order valence-corrected chi connectivity index (χ1v) is 10.8. The van der Waals surface area contributed by atoms with Gasteiger partial charge in [-0.2, -0.15) is 18.7 Å². The Labute approximate surface area is 197 Å². The SMILES string of the molecule is O=C(NOC(=O)C1CCOCC1)c1cc(F)c2ccccc2c1OCc1ccc(C(F)(F)F)cc1. The lowest BCUT2D eigenvalue weighted by atomic mass is 10.0. The van der Waals surface area contributed by atoms with Crippen LogP contribution in [0.3, 0.4) is 0 Å². The van der Waals surface area contributed by atoms with Crippen molar-refractivity contribution in [2.24, 2.45) is 5.92 Å². The average Bonchev–Trinajstić information content (AvgIpc) is 2.86. The lowest BCUT2D eigenvalue weighted by molar-refractivity contribution is -0.157. The predicted octanol–water partition coefficient (Wildman–Crippen LogP) is 5.19. The molecule has 35 heavy (non-hydrogen) atoms. The number of hydrogen-bond donors (Lipinski definition) is 1. The summed E-state index contributed by atoms with van der Waals surface area (Å²) >= 11 is 0. The number of halogens is 4. The minimum atomic E-state index is -4.47. The summed E-state index contributed by atoms with van der Waals surface area (Å²) in [4.78, 5) is 30.0. The molecule has 3 aromatic carbocycles. The Morgan fingerprint density at radius 1 is 1.00 bits per heavy atom. The number of amides is 1. The number of rotatable bonds is 5. The van der Waals surface area contributed by atoms with E-state index < -0.39 is 35.4 Å². The average molecular weight is 491 g/mol. The molecule has 1 saturated heterocycles. The van der Waals surface area contributed by atoms with Gasteiger partial charge in [-0.15, -0.1) is 0 Å². The van der Waals surface area contributed by atoms with E-state index in [1.807, 2.05) is 5.48 Å². The van der Waals surface area contributed by atoms with Gasteiger partial charge in [-0.3, -0.25) is 4.79 Å². The van der Waals surface area contributed by atoms with Gasteiger partial charge in [0.25, 0.3) is 5.91 Å². The van der Waals surface area contributed by atoms with Gasteiger partial charge in [-0.05, 0) is 36.6 Å². The van der Waals surface area contributed by atoms with Gasteiger partial charge in [0, 0.05) is 24.0 Å². The number of fused-ring (bicyclic) bond motifs is 1. The molecule has 3 aromatic rings. The van der Waals surface area contributed by atoms with Gasteiger partial charge in [0.15, 0.2) is 0 Å². The van der Waals surface area contributed by atoms with Crippen LogP contribution in [0, 0.1) is 11.7 Å². The zero-order chi connectivity index (χ0) is 25.0. The zero-order valence-corrected chi connectivity index (χ0v) is 18.4. The van der Waals surface area contributed by atoms with Gasteiger partial charge in [0.2, 0.25) is 0 Å². The summed E-state index contributed by atoms with van der Waals surface area (Å²) in [5, 5.41) is 0.464. The molecule has 6 nitrogen and oxygen atoms in total. The number of carbonyl (C=O) groups excluding carboxylic acids is 2. The van der Waals surface area contributed by atoms with Crippen LogP contribution in [-0.4, -0.2) is 25.1 Å². The van der Waals surface area contributed by atoms with E-state index >= 15 is 0 Å². The van der Waals surface area contributed by atoms with E-state index in [-0.39, 0.29) is 28.7 Å². The second-order valence-electron chi connectivity index (χ2n) is 8.00. The van der Waals surface area contributed by atoms with Crippen LogP contribution in [0.15, 0.2) is 54.6 Å². The van der Waals surface area contributed by atoms with Crippen molar-refractivity contribution >= 4 is 22.6 Å². The van der Waals surface area contributed by atoms with Crippen molar-refractivity contribution in [3.8, 4) is 5.75 Å². The molecule has 1 heterocycles. The molecule has 0 bridgehead atoms. The molecular formula is C25H21F4NO5. The van der Waals surface area contributed by atoms with E-state index in [2.05, 4.69) is 0 Å². The Kier molecular flexibility index (Phi) is 7.20. The summed E-state index contributed by atoms with van der Waals surface area (Å²) in [6.07, 6.45) is -3.55. The number of alkyl halides is 3. The van der Waals surface area contributed by atoms with Crippen molar-refractivity contribution in [1.29, 1.82) is 0 Å². The molecule has 184 valence electrons. The first kappa shape index (κ1) is 24.5. The maximum Gasteiger partial charge on any atom is 0.416 e. The van der Waals surface area contributed by atoms with Crippen LogP contribution in [0.4, 0.5) is 17.6 Å². The van der Waals surface area contributed by atoms with Crippen molar-refractivity contribution in [1.82, 2.24) is 5.48 Å². The lowest BCUT2D eigenvalue weighted by Gasteiger charge is -2.20. The van der Waals surface area contributed by atoms with Crippen molar-refractivity contribution < 1.29 is 41.5 Å². The number of ether oxygens (including phenoxy) is 2. The van der Waals surface area contributed by atoms with E-state index in [1.165, 1.54) is 18.2 Å². The molecule has 0 saturated carbocycles. The Morgan fingerprint density at radius 3 is 2.31 bits per heavy atom. The monoisotopic (exact) mass is 491 g/mol. The molecule has 10 heteroatoms. The normalized spacial score (nSPS) is 14.5. The molecule has 1 N–H and O–H groups in total. The third-order valence-corrected chi connectivity index (χ3v) is 5.65. The highest BCUT2D eigenvalue weighted by atomic mass is 19.4. The fraction of sp³-hybridized carbons (Fsp3) is 0.280. The van der Waals surface area contributed by atoms with Gasteiger partial charge in [-0.1, -0.05) is 36.4 Å². The summed E-state index contributed by atoms with van der Waals surface area (Å²) in [6.45, 7) is 0.632. The Morgan fingerprint density at radius 2 is 1.66 bits per heavy atom. The minimum Gasteiger partial charge on any atom is -0.487 e. The second-order valence-corrected chi connectivity index (χ2v) is 8.00. The number of carbonyl (C=O) groups is 2. The smallest absolute Gasteiger partial charge is 0.416 e. The number of hydrogen-bond acceptors (Lipinski definition) is 5. The highest BCUT2D eigenvalue weighted by molar-refractivity contribution is 6.04. The molecule has 0 aromatic heterocycles. The molecule has 1 aliphatic heterocycles. The van der Waals surface area contributed by atoms with E-state index in [4.69, 9.17) is 14.3 Å². The summed E-state index contributed by atoms with van der Waals surface area (Å²) < 4.78 is 64.2. The van der Waals surface area contributed by atoms with E-state index in [0.717, 1.165) is 18.2 Å². The summed E-state index contributed by atoms with van der Waals surface area (Å²) in [6, 6.07) is 11.6. The largest absolute Gasteiger partial charge is 0.487 e. The van der Waals surface area contributed by atoms with Gasteiger partial charge in [0.1, 0.15) is 18.2 Å². The molecular weight excluding hydrogens is 470 g/mol. The summed E-state index contributed by atoms with van der Waals surface area (Å²) in [5.41, 5.74) is 1.42. The van der Waals surface area contributed by atoms with Crippen molar-refractivity contribution in [2.75, 3.05) is 13.2 Å². The van der Waals surface area contributed by atoms with Crippen molar-refractivity contribution in [3.63, 3.8) is 0 Å². The van der Waals surface area contributed by atoms with Gasteiger partial charge < -0.3 is 14.3 Å². The Hall–Kier alpha value is -3.66. The van der Waals surface area contributed by atoms with Crippen LogP contribution < -0.4 is 10.2 Å². The Balaban J connectivity index is 1.56. The fourth-order valence-electron chi connectivity index (χ4n) is 3.74. The quantitative estimate of drug-likeness (QED) is 0.393.